The van der Waals surface area contributed by atoms with Crippen LogP contribution in [0.3, 0.4) is 0 Å². The van der Waals surface area contributed by atoms with Gasteiger partial charge < -0.3 is 11.1 Å². The number of nitrogens with two attached hydrogens (primary N) is 1. The molecule has 3 N–H and O–H groups in total. The van der Waals surface area contributed by atoms with Gasteiger partial charge in [0.15, 0.2) is 0 Å². The van der Waals surface area contributed by atoms with Crippen LogP contribution in [0, 0.1) is 0 Å². The van der Waals surface area contributed by atoms with E-state index >= 15 is 0 Å². The molecule has 0 fully saturated rings. The second-order valence-electron chi connectivity index (χ2n) is 2.95. The molecule has 0 spiro atoms. The molecule has 1 heterocycles. The van der Waals surface area contributed by atoms with Gasteiger partial charge in [0.1, 0.15) is 0 Å². The standard InChI is InChI=1S/C9H12N2/c10-9-6-5-7-3-1-2-4-8(7)11-9/h1-4,9,11H,5-6,10H2. The van der Waals surface area contributed by atoms with Gasteiger partial charge in [0.25, 0.3) is 0 Å². The van der Waals surface area contributed by atoms with Gasteiger partial charge in [-0.25, -0.2) is 0 Å². The van der Waals surface area contributed by atoms with Crippen LogP contribution in [0.1, 0.15) is 12.0 Å². The molecule has 1 atom stereocenters. The molecular weight excluding hydrogens is 136 g/mol. The highest BCUT2D eigenvalue weighted by molar-refractivity contribution is 5.53. The molecule has 1 aromatic rings. The Morgan fingerprint density at radius 2 is 2.18 bits per heavy atom. The summed E-state index contributed by atoms with van der Waals surface area (Å²) in [5.41, 5.74) is 8.32. The van der Waals surface area contributed by atoms with E-state index in [4.69, 9.17) is 5.73 Å². The Morgan fingerprint density at radius 3 is 3.09 bits per heavy atom. The highest BCUT2D eigenvalue weighted by Gasteiger charge is 2.12. The Balaban J connectivity index is 2.34. The first-order valence-electron chi connectivity index (χ1n) is 3.96. The molecule has 2 heteroatoms. The topological polar surface area (TPSA) is 38.0 Å². The Bertz CT molecular complexity index is 257. The average molecular weight is 148 g/mol. The number of aryl methyl sites for hydroxylation is 1. The van der Waals surface area contributed by atoms with Crippen molar-refractivity contribution >= 4 is 5.69 Å². The summed E-state index contributed by atoms with van der Waals surface area (Å²) in [4.78, 5) is 0. The molecule has 0 bridgehead atoms. The van der Waals surface area contributed by atoms with Crippen LogP contribution in [0.15, 0.2) is 24.3 Å². The van der Waals surface area contributed by atoms with Gasteiger partial charge in [0.05, 0.1) is 6.17 Å². The highest BCUT2D eigenvalue weighted by Crippen LogP contribution is 2.21. The molecule has 1 unspecified atom stereocenters. The third-order valence-electron chi connectivity index (χ3n) is 2.08. The maximum Gasteiger partial charge on any atom is 0.0746 e. The molecule has 2 nitrogen and oxygen atoms in total. The van der Waals surface area contributed by atoms with Crippen molar-refractivity contribution < 1.29 is 0 Å². The Labute approximate surface area is 66.4 Å². The highest BCUT2D eigenvalue weighted by atomic mass is 15.0. The maximum atomic E-state index is 5.74. The number of nitrogens with one attached hydrogen (secondary N) is 1. The van der Waals surface area contributed by atoms with Crippen LogP contribution in [0.5, 0.6) is 0 Å². The van der Waals surface area contributed by atoms with Gasteiger partial charge in [0, 0.05) is 5.69 Å². The molecule has 0 radical (unpaired) electrons. The lowest BCUT2D eigenvalue weighted by molar-refractivity contribution is 0.656. The monoisotopic (exact) mass is 148 g/mol. The van der Waals surface area contributed by atoms with Gasteiger partial charge in [-0.15, -0.1) is 0 Å². The van der Waals surface area contributed by atoms with E-state index in [1.54, 1.807) is 0 Å². The number of anilines is 1. The van der Waals surface area contributed by atoms with Crippen LogP contribution in [-0.2, 0) is 6.42 Å². The van der Waals surface area contributed by atoms with Crippen molar-refractivity contribution in [3.8, 4) is 0 Å². The van der Waals surface area contributed by atoms with Crippen molar-refractivity contribution in [1.82, 2.24) is 0 Å². The molecule has 0 saturated heterocycles. The van der Waals surface area contributed by atoms with E-state index in [-0.39, 0.29) is 6.17 Å². The third kappa shape index (κ3) is 1.21. The summed E-state index contributed by atoms with van der Waals surface area (Å²) in [6, 6.07) is 8.32. The first-order chi connectivity index (χ1) is 5.36. The molecule has 0 amide bonds. The van der Waals surface area contributed by atoms with Crippen LogP contribution in [0.25, 0.3) is 0 Å². The van der Waals surface area contributed by atoms with Gasteiger partial charge in [-0.1, -0.05) is 18.2 Å². The summed E-state index contributed by atoms with van der Waals surface area (Å²) >= 11 is 0. The average Bonchev–Trinajstić information content (AvgIpc) is 2.04. The third-order valence-corrected chi connectivity index (χ3v) is 2.08. The van der Waals surface area contributed by atoms with E-state index in [1.165, 1.54) is 11.3 Å². The second-order valence-corrected chi connectivity index (χ2v) is 2.95. The van der Waals surface area contributed by atoms with Crippen LogP contribution in [0.4, 0.5) is 5.69 Å². The fraction of sp³-hybridized carbons (Fsp3) is 0.333. The number of hydrogen-bond donors (Lipinski definition) is 2. The molecule has 0 saturated carbocycles. The number of hydrogen-bond acceptors (Lipinski definition) is 2. The Hall–Kier alpha value is -1.02. The molecule has 0 aliphatic carbocycles. The second kappa shape index (κ2) is 2.55. The molecule has 1 aliphatic heterocycles. The fourth-order valence-electron chi connectivity index (χ4n) is 1.46. The number of rotatable bonds is 0. The smallest absolute Gasteiger partial charge is 0.0746 e. The van der Waals surface area contributed by atoms with E-state index < -0.39 is 0 Å². The van der Waals surface area contributed by atoms with Crippen molar-refractivity contribution in [1.29, 1.82) is 0 Å². The zero-order chi connectivity index (χ0) is 7.68. The summed E-state index contributed by atoms with van der Waals surface area (Å²) < 4.78 is 0. The lowest BCUT2D eigenvalue weighted by Crippen LogP contribution is -2.33. The van der Waals surface area contributed by atoms with E-state index in [1.807, 2.05) is 6.07 Å². The predicted octanol–water partition coefficient (Wildman–Crippen LogP) is 1.33. The van der Waals surface area contributed by atoms with Gasteiger partial charge in [-0.05, 0) is 24.5 Å². The fourth-order valence-corrected chi connectivity index (χ4v) is 1.46. The van der Waals surface area contributed by atoms with Crippen molar-refractivity contribution in [3.63, 3.8) is 0 Å². The van der Waals surface area contributed by atoms with Crippen molar-refractivity contribution in [3.05, 3.63) is 29.8 Å². The zero-order valence-corrected chi connectivity index (χ0v) is 6.38. The van der Waals surface area contributed by atoms with E-state index in [0.717, 1.165) is 12.8 Å². The minimum absolute atomic E-state index is 0.143. The minimum atomic E-state index is 0.143. The molecule has 1 aromatic carbocycles. The first-order valence-corrected chi connectivity index (χ1v) is 3.96. The Morgan fingerprint density at radius 1 is 1.36 bits per heavy atom. The van der Waals surface area contributed by atoms with E-state index in [9.17, 15) is 0 Å². The summed E-state index contributed by atoms with van der Waals surface area (Å²) in [6.45, 7) is 0. The first kappa shape index (κ1) is 6.68. The molecular formula is C9H12N2. The van der Waals surface area contributed by atoms with Crippen molar-refractivity contribution in [2.75, 3.05) is 5.32 Å². The van der Waals surface area contributed by atoms with Crippen LogP contribution in [0.2, 0.25) is 0 Å². The maximum absolute atomic E-state index is 5.74. The Kier molecular flexibility index (Phi) is 1.55. The molecule has 1 aliphatic rings. The molecule has 58 valence electrons. The number of benzene rings is 1. The van der Waals surface area contributed by atoms with Gasteiger partial charge >= 0.3 is 0 Å². The normalized spacial score (nSPS) is 22.1. The SMILES string of the molecule is NC1CCc2ccccc2N1. The van der Waals surface area contributed by atoms with Crippen LogP contribution >= 0.6 is 0 Å². The van der Waals surface area contributed by atoms with Gasteiger partial charge in [-0.3, -0.25) is 0 Å². The summed E-state index contributed by atoms with van der Waals surface area (Å²) in [7, 11) is 0. The van der Waals surface area contributed by atoms with Crippen molar-refractivity contribution in [2.24, 2.45) is 5.73 Å². The molecule has 11 heavy (non-hydrogen) atoms. The molecule has 0 aromatic heterocycles. The van der Waals surface area contributed by atoms with E-state index in [2.05, 4.69) is 23.5 Å². The zero-order valence-electron chi connectivity index (χ0n) is 6.38. The predicted molar refractivity (Wildman–Crippen MR) is 46.4 cm³/mol. The lowest BCUT2D eigenvalue weighted by Gasteiger charge is -2.23. The molecule has 2 rings (SSSR count). The van der Waals surface area contributed by atoms with Crippen LogP contribution < -0.4 is 11.1 Å². The lowest BCUT2D eigenvalue weighted by atomic mass is 10.0. The largest absolute Gasteiger partial charge is 0.370 e. The summed E-state index contributed by atoms with van der Waals surface area (Å²) in [5.74, 6) is 0. The van der Waals surface area contributed by atoms with Gasteiger partial charge in [0.2, 0.25) is 0 Å². The van der Waals surface area contributed by atoms with Gasteiger partial charge in [-0.2, -0.15) is 0 Å². The number of para-hydroxylation sites is 1. The summed E-state index contributed by atoms with van der Waals surface area (Å²) in [5, 5.41) is 3.24. The van der Waals surface area contributed by atoms with E-state index in [0.29, 0.717) is 0 Å². The minimum Gasteiger partial charge on any atom is -0.370 e. The summed E-state index contributed by atoms with van der Waals surface area (Å²) in [6.07, 6.45) is 2.28. The quantitative estimate of drug-likeness (QED) is 0.582. The van der Waals surface area contributed by atoms with Crippen LogP contribution in [-0.4, -0.2) is 6.17 Å². The number of fused-ring (bicyclic) bond motifs is 1. The van der Waals surface area contributed by atoms with Crippen molar-refractivity contribution in [2.45, 2.75) is 19.0 Å².